The first-order chi connectivity index (χ1) is 16.0. The largest absolute Gasteiger partial charge is 0.508 e. The summed E-state index contributed by atoms with van der Waals surface area (Å²) in [4.78, 5) is 59.0. The molecule has 0 aliphatic carbocycles. The average Bonchev–Trinajstić information content (AvgIpc) is 2.77. The van der Waals surface area contributed by atoms with Gasteiger partial charge in [0, 0.05) is 6.42 Å². The van der Waals surface area contributed by atoms with E-state index in [1.807, 2.05) is 5.32 Å². The van der Waals surface area contributed by atoms with Gasteiger partial charge in [0.1, 0.15) is 17.8 Å². The fourth-order valence-corrected chi connectivity index (χ4v) is 2.91. The van der Waals surface area contributed by atoms with Crippen LogP contribution in [-0.2, 0) is 30.4 Å². The van der Waals surface area contributed by atoms with Crippen molar-refractivity contribution in [3.05, 3.63) is 29.8 Å². The minimum Gasteiger partial charge on any atom is -0.508 e. The van der Waals surface area contributed by atoms with Crippen molar-refractivity contribution in [3.8, 4) is 5.75 Å². The molecule has 34 heavy (non-hydrogen) atoms. The lowest BCUT2D eigenvalue weighted by atomic mass is 10.0. The first kappa shape index (κ1) is 28.3. The van der Waals surface area contributed by atoms with Gasteiger partial charge in [0.2, 0.25) is 17.7 Å². The summed E-state index contributed by atoms with van der Waals surface area (Å²) < 4.78 is 0. The highest BCUT2D eigenvalue weighted by molar-refractivity contribution is 5.93. The molecule has 1 aromatic carbocycles. The van der Waals surface area contributed by atoms with Crippen molar-refractivity contribution < 1.29 is 39.3 Å². The number of hydrogen-bond donors (Lipinski definition) is 8. The van der Waals surface area contributed by atoms with E-state index in [1.165, 1.54) is 12.1 Å². The smallest absolute Gasteiger partial charge is 0.326 e. The topological polar surface area (TPSA) is 234 Å². The molecule has 0 fully saturated rings. The number of carboxylic acids is 2. The molecular weight excluding hydrogens is 450 g/mol. The first-order valence-electron chi connectivity index (χ1n) is 10.6. The third-order valence-electron chi connectivity index (χ3n) is 4.75. The highest BCUT2D eigenvalue weighted by Crippen LogP contribution is 2.12. The van der Waals surface area contributed by atoms with Crippen molar-refractivity contribution in [1.82, 2.24) is 16.0 Å². The standard InChI is InChI=1S/C21H31N5O8/c22-8-2-1-3-14(23)19(31)26-15(9-12-4-6-13(27)7-5-12)20(32)24-11-17(28)25-16(21(33)34)10-18(29)30/h4-7,14-16,27H,1-3,8-11,22-23H2,(H,24,32)(H,25,28)(H,26,31)(H,29,30)(H,33,34). The number of carbonyl (C=O) groups excluding carboxylic acids is 3. The molecule has 1 rings (SSSR count). The third kappa shape index (κ3) is 10.7. The summed E-state index contributed by atoms with van der Waals surface area (Å²) in [6, 6.07) is 2.26. The Morgan fingerprint density at radius 1 is 0.912 bits per heavy atom. The molecule has 0 saturated heterocycles. The zero-order chi connectivity index (χ0) is 25.7. The second kappa shape index (κ2) is 14.4. The van der Waals surface area contributed by atoms with Gasteiger partial charge >= 0.3 is 11.9 Å². The van der Waals surface area contributed by atoms with Crippen molar-refractivity contribution >= 4 is 29.7 Å². The second-order valence-electron chi connectivity index (χ2n) is 7.60. The Morgan fingerprint density at radius 2 is 1.56 bits per heavy atom. The number of rotatable bonds is 15. The quantitative estimate of drug-likeness (QED) is 0.129. The average molecular weight is 482 g/mol. The van der Waals surface area contributed by atoms with Crippen LogP contribution in [0, 0.1) is 0 Å². The molecule has 3 amide bonds. The van der Waals surface area contributed by atoms with E-state index in [0.29, 0.717) is 31.4 Å². The summed E-state index contributed by atoms with van der Waals surface area (Å²) in [6.07, 6.45) is 0.857. The Bertz CT molecular complexity index is 861. The van der Waals surface area contributed by atoms with Crippen LogP contribution in [-0.4, -0.2) is 76.2 Å². The molecule has 3 unspecified atom stereocenters. The molecule has 0 aliphatic heterocycles. The van der Waals surface area contributed by atoms with Gasteiger partial charge in [-0.15, -0.1) is 0 Å². The maximum Gasteiger partial charge on any atom is 0.326 e. The van der Waals surface area contributed by atoms with Crippen LogP contribution in [0.15, 0.2) is 24.3 Å². The predicted octanol–water partition coefficient (Wildman–Crippen LogP) is -1.96. The molecule has 0 aliphatic rings. The van der Waals surface area contributed by atoms with Gasteiger partial charge in [0.05, 0.1) is 19.0 Å². The Morgan fingerprint density at radius 3 is 2.12 bits per heavy atom. The number of aromatic hydroxyl groups is 1. The molecule has 0 aromatic heterocycles. The van der Waals surface area contributed by atoms with Gasteiger partial charge in [-0.1, -0.05) is 18.6 Å². The zero-order valence-corrected chi connectivity index (χ0v) is 18.5. The van der Waals surface area contributed by atoms with Gasteiger partial charge in [-0.25, -0.2) is 4.79 Å². The Kier molecular flexibility index (Phi) is 12.0. The summed E-state index contributed by atoms with van der Waals surface area (Å²) in [7, 11) is 0. The van der Waals surface area contributed by atoms with Gasteiger partial charge < -0.3 is 42.7 Å². The molecule has 0 heterocycles. The molecule has 10 N–H and O–H groups in total. The number of amides is 3. The zero-order valence-electron chi connectivity index (χ0n) is 18.5. The highest BCUT2D eigenvalue weighted by atomic mass is 16.4. The van der Waals surface area contributed by atoms with Crippen LogP contribution < -0.4 is 27.4 Å². The Balaban J connectivity index is 2.81. The van der Waals surface area contributed by atoms with E-state index in [-0.39, 0.29) is 12.2 Å². The number of phenolic OH excluding ortho intramolecular Hbond substituents is 1. The van der Waals surface area contributed by atoms with Crippen molar-refractivity contribution in [2.24, 2.45) is 11.5 Å². The third-order valence-corrected chi connectivity index (χ3v) is 4.75. The van der Waals surface area contributed by atoms with Gasteiger partial charge in [-0.05, 0) is 37.1 Å². The summed E-state index contributed by atoms with van der Waals surface area (Å²) in [5, 5.41) is 34.0. The lowest BCUT2D eigenvalue weighted by Gasteiger charge is -2.21. The minimum absolute atomic E-state index is 0.0155. The van der Waals surface area contributed by atoms with E-state index in [1.54, 1.807) is 12.1 Å². The number of nitrogens with two attached hydrogens (primary N) is 2. The maximum absolute atomic E-state index is 12.7. The van der Waals surface area contributed by atoms with Crippen LogP contribution in [0.2, 0.25) is 0 Å². The van der Waals surface area contributed by atoms with Crippen LogP contribution >= 0.6 is 0 Å². The minimum atomic E-state index is -1.67. The van der Waals surface area contributed by atoms with E-state index in [9.17, 15) is 29.1 Å². The number of hydrogen-bond acceptors (Lipinski definition) is 8. The number of aliphatic carboxylic acids is 2. The lowest BCUT2D eigenvalue weighted by molar-refractivity contribution is -0.147. The SMILES string of the molecule is NCCCCC(N)C(=O)NC(Cc1ccc(O)cc1)C(=O)NCC(=O)NC(CC(=O)O)C(=O)O. The Labute approximate surface area is 195 Å². The summed E-state index contributed by atoms with van der Waals surface area (Å²) in [5.41, 5.74) is 11.9. The number of benzene rings is 1. The van der Waals surface area contributed by atoms with Gasteiger partial charge in [0.15, 0.2) is 0 Å². The van der Waals surface area contributed by atoms with Crippen LogP contribution in [0.4, 0.5) is 0 Å². The van der Waals surface area contributed by atoms with Gasteiger partial charge in [-0.3, -0.25) is 19.2 Å². The van der Waals surface area contributed by atoms with E-state index < -0.39 is 60.8 Å². The molecule has 0 radical (unpaired) electrons. The molecule has 13 nitrogen and oxygen atoms in total. The molecule has 0 saturated carbocycles. The molecular formula is C21H31N5O8. The number of nitrogens with one attached hydrogen (secondary N) is 3. The van der Waals surface area contributed by atoms with Crippen LogP contribution in [0.5, 0.6) is 5.75 Å². The van der Waals surface area contributed by atoms with Crippen LogP contribution in [0.3, 0.4) is 0 Å². The summed E-state index contributed by atoms with van der Waals surface area (Å²) >= 11 is 0. The summed E-state index contributed by atoms with van der Waals surface area (Å²) in [5.74, 6) is -5.18. The normalized spacial score (nSPS) is 13.2. The fraction of sp³-hybridized carbons (Fsp3) is 0.476. The molecule has 13 heteroatoms. The maximum atomic E-state index is 12.7. The molecule has 188 valence electrons. The fourth-order valence-electron chi connectivity index (χ4n) is 2.91. The van der Waals surface area contributed by atoms with E-state index in [0.717, 1.165) is 0 Å². The van der Waals surface area contributed by atoms with Crippen molar-refractivity contribution in [1.29, 1.82) is 0 Å². The van der Waals surface area contributed by atoms with Crippen LogP contribution in [0.1, 0.15) is 31.2 Å². The van der Waals surface area contributed by atoms with E-state index >= 15 is 0 Å². The number of carboxylic acid groups (broad SMARTS) is 2. The molecule has 0 bridgehead atoms. The molecule has 0 spiro atoms. The van der Waals surface area contributed by atoms with E-state index in [4.69, 9.17) is 21.7 Å². The summed E-state index contributed by atoms with van der Waals surface area (Å²) in [6.45, 7) is -0.190. The highest BCUT2D eigenvalue weighted by Gasteiger charge is 2.26. The van der Waals surface area contributed by atoms with Crippen molar-refractivity contribution in [3.63, 3.8) is 0 Å². The number of unbranched alkanes of at least 4 members (excludes halogenated alkanes) is 1. The number of carbonyl (C=O) groups is 5. The van der Waals surface area contributed by atoms with E-state index in [2.05, 4.69) is 10.6 Å². The Hall–Kier alpha value is -3.71. The molecule has 1 aromatic rings. The lowest BCUT2D eigenvalue weighted by Crippen LogP contribution is -2.54. The molecule has 3 atom stereocenters. The van der Waals surface area contributed by atoms with Gasteiger partial charge in [0.25, 0.3) is 0 Å². The first-order valence-corrected chi connectivity index (χ1v) is 10.6. The van der Waals surface area contributed by atoms with Crippen molar-refractivity contribution in [2.45, 2.75) is 50.2 Å². The predicted molar refractivity (Wildman–Crippen MR) is 119 cm³/mol. The monoisotopic (exact) mass is 481 g/mol. The van der Waals surface area contributed by atoms with Crippen LogP contribution in [0.25, 0.3) is 0 Å². The number of phenols is 1. The second-order valence-corrected chi connectivity index (χ2v) is 7.60. The van der Waals surface area contributed by atoms with Crippen molar-refractivity contribution in [2.75, 3.05) is 13.1 Å². The van der Waals surface area contributed by atoms with Gasteiger partial charge in [-0.2, -0.15) is 0 Å².